The van der Waals surface area contributed by atoms with Crippen LogP contribution >= 0.6 is 0 Å². The highest BCUT2D eigenvalue weighted by atomic mass is 16.2. The molecule has 2 aliphatic rings. The van der Waals surface area contributed by atoms with Crippen molar-refractivity contribution in [3.8, 4) is 0 Å². The van der Waals surface area contributed by atoms with Gasteiger partial charge in [0.25, 0.3) is 0 Å². The predicted molar refractivity (Wildman–Crippen MR) is 66.5 cm³/mol. The van der Waals surface area contributed by atoms with E-state index in [-0.39, 0.29) is 11.8 Å². The molecule has 3 heteroatoms. The first-order valence-corrected chi connectivity index (χ1v) is 6.46. The Morgan fingerprint density at radius 1 is 1.41 bits per heavy atom. The number of carbonyl (C=O) groups is 1. The number of anilines is 1. The van der Waals surface area contributed by atoms with E-state index in [0.717, 1.165) is 17.9 Å². The second-order valence-corrected chi connectivity index (χ2v) is 5.49. The van der Waals surface area contributed by atoms with E-state index in [0.29, 0.717) is 11.7 Å². The number of carbonyl (C=O) groups excluding carboxylic acids is 1. The Hall–Kier alpha value is -1.38. The van der Waals surface area contributed by atoms with Crippen molar-refractivity contribution in [3.63, 3.8) is 0 Å². The lowest BCUT2D eigenvalue weighted by molar-refractivity contribution is -0.121. The molecule has 0 radical (unpaired) electrons. The average molecular weight is 230 g/mol. The van der Waals surface area contributed by atoms with Crippen molar-refractivity contribution in [1.29, 1.82) is 0 Å². The minimum absolute atomic E-state index is 0.176. The Morgan fingerprint density at radius 2 is 2.29 bits per heavy atom. The third-order valence-electron chi connectivity index (χ3n) is 4.24. The molecule has 0 saturated heterocycles. The predicted octanol–water partition coefficient (Wildman–Crippen LogP) is 2.76. The maximum Gasteiger partial charge on any atom is 0.228 e. The smallest absolute Gasteiger partial charge is 0.228 e. The SMILES string of the molecule is Cc1ccnc(NC(=O)[C@@H]2C[C@@H]3CC[C@@H]2C3)c1. The van der Waals surface area contributed by atoms with Gasteiger partial charge in [0, 0.05) is 12.1 Å². The summed E-state index contributed by atoms with van der Waals surface area (Å²) >= 11 is 0. The highest BCUT2D eigenvalue weighted by Gasteiger charge is 2.43. The molecule has 0 unspecified atom stereocenters. The minimum atomic E-state index is 0.176. The van der Waals surface area contributed by atoms with Crippen LogP contribution in [0.25, 0.3) is 0 Å². The van der Waals surface area contributed by atoms with E-state index in [1.165, 1.54) is 19.3 Å². The summed E-state index contributed by atoms with van der Waals surface area (Å²) in [6.07, 6.45) is 6.66. The molecular weight excluding hydrogens is 212 g/mol. The van der Waals surface area contributed by atoms with Gasteiger partial charge in [0.15, 0.2) is 0 Å². The zero-order valence-electron chi connectivity index (χ0n) is 10.1. The van der Waals surface area contributed by atoms with Crippen LogP contribution in [0.3, 0.4) is 0 Å². The van der Waals surface area contributed by atoms with Gasteiger partial charge in [-0.05, 0) is 55.7 Å². The molecule has 1 heterocycles. The van der Waals surface area contributed by atoms with Gasteiger partial charge in [-0.3, -0.25) is 4.79 Å². The van der Waals surface area contributed by atoms with Gasteiger partial charge in [-0.25, -0.2) is 4.98 Å². The fourth-order valence-corrected chi connectivity index (χ4v) is 3.39. The molecule has 1 aromatic rings. The van der Waals surface area contributed by atoms with Crippen molar-refractivity contribution < 1.29 is 4.79 Å². The normalized spacial score (nSPS) is 30.5. The lowest BCUT2D eigenvalue weighted by Gasteiger charge is -2.20. The molecule has 1 amide bonds. The molecule has 0 spiro atoms. The topological polar surface area (TPSA) is 42.0 Å². The summed E-state index contributed by atoms with van der Waals surface area (Å²) in [5.74, 6) is 2.54. The molecule has 3 atom stereocenters. The van der Waals surface area contributed by atoms with Gasteiger partial charge in [0.1, 0.15) is 5.82 Å². The minimum Gasteiger partial charge on any atom is -0.310 e. The standard InChI is InChI=1S/C14H18N2O/c1-9-4-5-15-13(6-9)16-14(17)12-8-10-2-3-11(12)7-10/h4-6,10-12H,2-3,7-8H2,1H3,(H,15,16,17)/t10-,11-,12-/m1/s1. The second kappa shape index (κ2) is 4.13. The van der Waals surface area contributed by atoms with Crippen LogP contribution in [0.1, 0.15) is 31.2 Å². The van der Waals surface area contributed by atoms with Gasteiger partial charge in [0.05, 0.1) is 0 Å². The van der Waals surface area contributed by atoms with E-state index in [4.69, 9.17) is 0 Å². The largest absolute Gasteiger partial charge is 0.310 e. The van der Waals surface area contributed by atoms with Crippen molar-refractivity contribution in [3.05, 3.63) is 23.9 Å². The number of nitrogens with zero attached hydrogens (tertiary/aromatic N) is 1. The molecule has 2 aliphatic carbocycles. The van der Waals surface area contributed by atoms with E-state index in [9.17, 15) is 4.79 Å². The van der Waals surface area contributed by atoms with Crippen LogP contribution in [0.4, 0.5) is 5.82 Å². The zero-order chi connectivity index (χ0) is 11.8. The van der Waals surface area contributed by atoms with E-state index >= 15 is 0 Å². The van der Waals surface area contributed by atoms with Crippen LogP contribution in [-0.2, 0) is 4.79 Å². The van der Waals surface area contributed by atoms with Crippen LogP contribution < -0.4 is 5.32 Å². The molecular formula is C14H18N2O. The van der Waals surface area contributed by atoms with Gasteiger partial charge in [0.2, 0.25) is 5.91 Å². The van der Waals surface area contributed by atoms with Crippen molar-refractivity contribution in [2.24, 2.45) is 17.8 Å². The summed E-state index contributed by atoms with van der Waals surface area (Å²) in [6.45, 7) is 2.01. The van der Waals surface area contributed by atoms with E-state index in [1.807, 2.05) is 19.1 Å². The summed E-state index contributed by atoms with van der Waals surface area (Å²) in [5, 5.41) is 2.96. The number of aromatic nitrogens is 1. The van der Waals surface area contributed by atoms with Crippen LogP contribution in [-0.4, -0.2) is 10.9 Å². The number of hydrogen-bond acceptors (Lipinski definition) is 2. The first-order chi connectivity index (χ1) is 8.22. The van der Waals surface area contributed by atoms with Crippen molar-refractivity contribution >= 4 is 11.7 Å². The maximum atomic E-state index is 12.2. The van der Waals surface area contributed by atoms with Gasteiger partial charge in [-0.2, -0.15) is 0 Å². The Labute approximate surface area is 102 Å². The van der Waals surface area contributed by atoms with Gasteiger partial charge in [-0.15, -0.1) is 0 Å². The monoisotopic (exact) mass is 230 g/mol. The van der Waals surface area contributed by atoms with Crippen molar-refractivity contribution in [2.75, 3.05) is 5.32 Å². The van der Waals surface area contributed by atoms with E-state index in [2.05, 4.69) is 10.3 Å². The lowest BCUT2D eigenvalue weighted by atomic mass is 9.88. The highest BCUT2D eigenvalue weighted by Crippen LogP contribution is 2.48. The number of hydrogen-bond donors (Lipinski definition) is 1. The number of aryl methyl sites for hydroxylation is 1. The summed E-state index contributed by atoms with van der Waals surface area (Å²) in [7, 11) is 0. The number of nitrogens with one attached hydrogen (secondary N) is 1. The molecule has 0 aliphatic heterocycles. The molecule has 2 fully saturated rings. The van der Waals surface area contributed by atoms with Crippen LogP contribution in [0, 0.1) is 24.7 Å². The van der Waals surface area contributed by atoms with Crippen LogP contribution in [0.5, 0.6) is 0 Å². The second-order valence-electron chi connectivity index (χ2n) is 5.49. The first-order valence-electron chi connectivity index (χ1n) is 6.46. The summed E-state index contributed by atoms with van der Waals surface area (Å²) < 4.78 is 0. The molecule has 1 N–H and O–H groups in total. The summed E-state index contributed by atoms with van der Waals surface area (Å²) in [4.78, 5) is 16.3. The lowest BCUT2D eigenvalue weighted by Crippen LogP contribution is -2.27. The van der Waals surface area contributed by atoms with Crippen LogP contribution in [0.2, 0.25) is 0 Å². The van der Waals surface area contributed by atoms with Crippen molar-refractivity contribution in [1.82, 2.24) is 4.98 Å². The van der Waals surface area contributed by atoms with Gasteiger partial charge < -0.3 is 5.32 Å². The fraction of sp³-hybridized carbons (Fsp3) is 0.571. The molecule has 90 valence electrons. The molecule has 1 aromatic heterocycles. The number of fused-ring (bicyclic) bond motifs is 2. The van der Waals surface area contributed by atoms with E-state index in [1.54, 1.807) is 6.20 Å². The molecule has 2 saturated carbocycles. The maximum absolute atomic E-state index is 12.2. The van der Waals surface area contributed by atoms with Gasteiger partial charge >= 0.3 is 0 Å². The Bertz CT molecular complexity index is 444. The van der Waals surface area contributed by atoms with E-state index < -0.39 is 0 Å². The third kappa shape index (κ3) is 2.06. The first kappa shape index (κ1) is 10.8. The van der Waals surface area contributed by atoms with Gasteiger partial charge in [-0.1, -0.05) is 6.42 Å². The fourth-order valence-electron chi connectivity index (χ4n) is 3.39. The third-order valence-corrected chi connectivity index (χ3v) is 4.24. The molecule has 3 rings (SSSR count). The number of pyridine rings is 1. The number of rotatable bonds is 2. The molecule has 0 aromatic carbocycles. The Balaban J connectivity index is 1.68. The summed E-state index contributed by atoms with van der Waals surface area (Å²) in [6, 6.07) is 3.86. The number of amides is 1. The van der Waals surface area contributed by atoms with Crippen LogP contribution in [0.15, 0.2) is 18.3 Å². The zero-order valence-corrected chi connectivity index (χ0v) is 10.1. The molecule has 2 bridgehead atoms. The average Bonchev–Trinajstić information content (AvgIpc) is 2.90. The Kier molecular flexibility index (Phi) is 2.61. The van der Waals surface area contributed by atoms with Crippen molar-refractivity contribution in [2.45, 2.75) is 32.6 Å². The molecule has 3 nitrogen and oxygen atoms in total. The summed E-state index contributed by atoms with van der Waals surface area (Å²) in [5.41, 5.74) is 1.13. The quantitative estimate of drug-likeness (QED) is 0.848. The Morgan fingerprint density at radius 3 is 2.94 bits per heavy atom. The molecule has 17 heavy (non-hydrogen) atoms. The highest BCUT2D eigenvalue weighted by molar-refractivity contribution is 5.92.